The smallest absolute Gasteiger partial charge is 0.370 e. The van der Waals surface area contributed by atoms with Crippen molar-refractivity contribution in [1.29, 1.82) is 0 Å². The Kier molecular flexibility index (Phi) is 8.27. The van der Waals surface area contributed by atoms with E-state index in [1.54, 1.807) is 0 Å². The molecule has 130 valence electrons. The normalized spacial score (nSPS) is 28.0. The van der Waals surface area contributed by atoms with Gasteiger partial charge < -0.3 is 11.1 Å². The quantitative estimate of drug-likeness (QED) is 0.398. The van der Waals surface area contributed by atoms with Crippen molar-refractivity contribution in [3.63, 3.8) is 0 Å². The third-order valence-corrected chi connectivity index (χ3v) is 4.78. The van der Waals surface area contributed by atoms with Crippen LogP contribution in [0.3, 0.4) is 0 Å². The fourth-order valence-electron chi connectivity index (χ4n) is 3.57. The first-order valence-electron chi connectivity index (χ1n) is 8.10. The maximum Gasteiger partial charge on any atom is 0.392 e. The van der Waals surface area contributed by atoms with Gasteiger partial charge in [0.1, 0.15) is 0 Å². The van der Waals surface area contributed by atoms with Crippen molar-refractivity contribution < 1.29 is 13.2 Å². The summed E-state index contributed by atoms with van der Waals surface area (Å²) >= 11 is 0. The highest BCUT2D eigenvalue weighted by Crippen LogP contribution is 2.41. The number of hydrogen-bond donors (Lipinski definition) is 2. The molecule has 0 aromatic rings. The average Bonchev–Trinajstić information content (AvgIpc) is 2.45. The van der Waals surface area contributed by atoms with Gasteiger partial charge in [-0.3, -0.25) is 4.99 Å². The molecule has 0 aromatic heterocycles. The summed E-state index contributed by atoms with van der Waals surface area (Å²) in [5, 5.41) is 3.16. The van der Waals surface area contributed by atoms with Gasteiger partial charge in [-0.05, 0) is 31.6 Å². The molecule has 2 rings (SSSR count). The fourth-order valence-corrected chi connectivity index (χ4v) is 3.57. The van der Waals surface area contributed by atoms with E-state index in [1.165, 1.54) is 19.3 Å². The second kappa shape index (κ2) is 9.17. The average molecular weight is 433 g/mol. The fraction of sp³-hybridized carbons (Fsp3) is 0.933. The van der Waals surface area contributed by atoms with E-state index in [9.17, 15) is 13.2 Å². The van der Waals surface area contributed by atoms with Crippen molar-refractivity contribution in [3.05, 3.63) is 0 Å². The lowest BCUT2D eigenvalue weighted by Crippen LogP contribution is -2.42. The largest absolute Gasteiger partial charge is 0.392 e. The maximum atomic E-state index is 13.0. The number of rotatable bonds is 3. The zero-order valence-corrected chi connectivity index (χ0v) is 15.2. The third-order valence-electron chi connectivity index (χ3n) is 4.78. The first kappa shape index (κ1) is 19.8. The molecule has 0 amide bonds. The van der Waals surface area contributed by atoms with E-state index in [1.807, 2.05) is 0 Å². The molecule has 0 spiro atoms. The molecule has 2 aliphatic carbocycles. The summed E-state index contributed by atoms with van der Waals surface area (Å²) < 4.78 is 39.0. The van der Waals surface area contributed by atoms with Crippen LogP contribution in [0, 0.1) is 11.8 Å². The van der Waals surface area contributed by atoms with Crippen LogP contribution in [0.15, 0.2) is 4.99 Å². The summed E-state index contributed by atoms with van der Waals surface area (Å²) in [4.78, 5) is 4.19. The maximum absolute atomic E-state index is 13.0. The molecule has 0 heterocycles. The van der Waals surface area contributed by atoms with Crippen LogP contribution in [-0.2, 0) is 0 Å². The third kappa shape index (κ3) is 6.12. The second-order valence-electron chi connectivity index (χ2n) is 6.40. The molecule has 2 fully saturated rings. The minimum atomic E-state index is -4.10. The van der Waals surface area contributed by atoms with Gasteiger partial charge in [0.2, 0.25) is 0 Å². The lowest BCUT2D eigenvalue weighted by atomic mass is 9.79. The Balaban J connectivity index is 0.00000242. The number of nitrogens with two attached hydrogens (primary N) is 1. The van der Waals surface area contributed by atoms with E-state index < -0.39 is 18.0 Å². The van der Waals surface area contributed by atoms with Crippen molar-refractivity contribution in [3.8, 4) is 0 Å². The van der Waals surface area contributed by atoms with Gasteiger partial charge in [0.05, 0.1) is 5.92 Å². The number of hydrogen-bond acceptors (Lipinski definition) is 1. The minimum absolute atomic E-state index is 0. The second-order valence-corrected chi connectivity index (χ2v) is 6.40. The first-order chi connectivity index (χ1) is 9.97. The summed E-state index contributed by atoms with van der Waals surface area (Å²) in [5.41, 5.74) is 5.83. The Hall–Kier alpha value is -0.210. The lowest BCUT2D eigenvalue weighted by molar-refractivity contribution is -0.195. The molecule has 7 heteroatoms. The zero-order valence-electron chi connectivity index (χ0n) is 12.9. The number of nitrogens with zero attached hydrogens (tertiary/aromatic N) is 1. The highest BCUT2D eigenvalue weighted by Gasteiger charge is 2.45. The van der Waals surface area contributed by atoms with Crippen molar-refractivity contribution in [2.45, 2.75) is 70.0 Å². The van der Waals surface area contributed by atoms with Gasteiger partial charge in [-0.25, -0.2) is 0 Å². The zero-order chi connectivity index (χ0) is 15.3. The highest BCUT2D eigenvalue weighted by molar-refractivity contribution is 14.0. The summed E-state index contributed by atoms with van der Waals surface area (Å²) in [7, 11) is 0. The predicted octanol–water partition coefficient (Wildman–Crippen LogP) is 4.21. The number of guanidine groups is 1. The number of nitrogens with one attached hydrogen (secondary N) is 1. The molecule has 3 nitrogen and oxygen atoms in total. The van der Waals surface area contributed by atoms with Crippen molar-refractivity contribution in [2.24, 2.45) is 22.6 Å². The van der Waals surface area contributed by atoms with Gasteiger partial charge >= 0.3 is 6.18 Å². The summed E-state index contributed by atoms with van der Waals surface area (Å²) in [6.07, 6.45) is 4.03. The summed E-state index contributed by atoms with van der Waals surface area (Å²) in [6, 6.07) is 0.340. The Morgan fingerprint density at radius 1 is 1.00 bits per heavy atom. The van der Waals surface area contributed by atoms with Gasteiger partial charge in [0.15, 0.2) is 5.96 Å². The number of aliphatic imine (C=N–C) groups is 1. The van der Waals surface area contributed by atoms with Crippen molar-refractivity contribution in [2.75, 3.05) is 6.54 Å². The van der Waals surface area contributed by atoms with Crippen LogP contribution in [0.5, 0.6) is 0 Å². The van der Waals surface area contributed by atoms with Gasteiger partial charge in [0.25, 0.3) is 0 Å². The molecule has 0 saturated heterocycles. The monoisotopic (exact) mass is 433 g/mol. The summed E-state index contributed by atoms with van der Waals surface area (Å²) in [6.45, 7) is 0.190. The van der Waals surface area contributed by atoms with Gasteiger partial charge in [-0.1, -0.05) is 32.1 Å². The number of alkyl halides is 3. The molecule has 2 aliphatic rings. The molecule has 3 N–H and O–H groups in total. The molecule has 0 aliphatic heterocycles. The van der Waals surface area contributed by atoms with Crippen LogP contribution < -0.4 is 11.1 Å². The molecule has 2 saturated carbocycles. The van der Waals surface area contributed by atoms with Crippen LogP contribution in [0.25, 0.3) is 0 Å². The molecule has 22 heavy (non-hydrogen) atoms. The van der Waals surface area contributed by atoms with Crippen LogP contribution in [0.2, 0.25) is 0 Å². The molecular weight excluding hydrogens is 406 g/mol. The van der Waals surface area contributed by atoms with Gasteiger partial charge in [-0.15, -0.1) is 24.0 Å². The van der Waals surface area contributed by atoms with E-state index in [-0.39, 0.29) is 36.9 Å². The van der Waals surface area contributed by atoms with E-state index in [0.717, 1.165) is 19.3 Å². The highest BCUT2D eigenvalue weighted by atomic mass is 127. The van der Waals surface area contributed by atoms with E-state index in [4.69, 9.17) is 5.73 Å². The van der Waals surface area contributed by atoms with Gasteiger partial charge in [0, 0.05) is 12.6 Å². The van der Waals surface area contributed by atoms with Gasteiger partial charge in [-0.2, -0.15) is 13.2 Å². The van der Waals surface area contributed by atoms with E-state index in [2.05, 4.69) is 10.3 Å². The topological polar surface area (TPSA) is 50.4 Å². The molecule has 2 unspecified atom stereocenters. The Morgan fingerprint density at radius 3 is 2.23 bits per heavy atom. The Bertz CT molecular complexity index is 354. The molecule has 0 bridgehead atoms. The lowest BCUT2D eigenvalue weighted by Gasteiger charge is -2.32. The SMILES string of the molecule is I.NC(=NCC1CCCCC1C(F)(F)F)NC1CCCCC1. The summed E-state index contributed by atoms with van der Waals surface area (Å²) in [5.74, 6) is -1.31. The van der Waals surface area contributed by atoms with Crippen LogP contribution in [0.4, 0.5) is 13.2 Å². The molecule has 2 atom stereocenters. The van der Waals surface area contributed by atoms with Crippen LogP contribution in [0.1, 0.15) is 57.8 Å². The number of halogens is 4. The molecular formula is C15H27F3IN3. The Labute approximate surface area is 147 Å². The van der Waals surface area contributed by atoms with Crippen molar-refractivity contribution >= 4 is 29.9 Å². The van der Waals surface area contributed by atoms with E-state index in [0.29, 0.717) is 24.8 Å². The van der Waals surface area contributed by atoms with Crippen LogP contribution in [-0.4, -0.2) is 24.7 Å². The van der Waals surface area contributed by atoms with E-state index >= 15 is 0 Å². The van der Waals surface area contributed by atoms with Crippen molar-refractivity contribution in [1.82, 2.24) is 5.32 Å². The first-order valence-corrected chi connectivity index (χ1v) is 8.10. The van der Waals surface area contributed by atoms with Crippen LogP contribution >= 0.6 is 24.0 Å². The molecule has 0 aromatic carbocycles. The minimum Gasteiger partial charge on any atom is -0.370 e. The Morgan fingerprint density at radius 2 is 1.59 bits per heavy atom. The molecule has 0 radical (unpaired) electrons. The standard InChI is InChI=1S/C15H26F3N3.HI/c16-15(17,18)13-9-5-4-6-11(13)10-20-14(19)21-12-7-2-1-3-8-12;/h11-13H,1-10H2,(H3,19,20,21);1H. The predicted molar refractivity (Wildman–Crippen MR) is 93.4 cm³/mol.